The minimum Gasteiger partial charge on any atom is -0.443 e. The van der Waals surface area contributed by atoms with Crippen LogP contribution in [0.2, 0.25) is 0 Å². The van der Waals surface area contributed by atoms with Crippen molar-refractivity contribution in [1.29, 1.82) is 0 Å². The van der Waals surface area contributed by atoms with Gasteiger partial charge in [-0.05, 0) is 62.9 Å². The van der Waals surface area contributed by atoms with E-state index in [0.717, 1.165) is 40.4 Å². The summed E-state index contributed by atoms with van der Waals surface area (Å²) in [6.45, 7) is 10.00. The zero-order valence-corrected chi connectivity index (χ0v) is 18.1. The van der Waals surface area contributed by atoms with Crippen LogP contribution in [0.15, 0.2) is 64.5 Å². The summed E-state index contributed by atoms with van der Waals surface area (Å²) in [6, 6.07) is 6.16. The number of carbonyl (C=O) groups excluding carboxylic acids is 1. The molecule has 2 aliphatic rings. The molecule has 0 aliphatic carbocycles. The molecule has 156 valence electrons. The number of benzene rings is 1. The number of rotatable bonds is 6. The average molecular weight is 405 g/mol. The second kappa shape index (κ2) is 7.86. The number of Topliss-reactive ketones (excluding diaryl/α,β-unsaturated/α-hetero) is 1. The van der Waals surface area contributed by atoms with Gasteiger partial charge in [-0.2, -0.15) is 0 Å². The van der Waals surface area contributed by atoms with Crippen molar-refractivity contribution in [3.63, 3.8) is 0 Å². The zero-order chi connectivity index (χ0) is 21.4. The molecule has 1 aromatic heterocycles. The fourth-order valence-electron chi connectivity index (χ4n) is 3.91. The number of aromatic nitrogens is 1. The summed E-state index contributed by atoms with van der Waals surface area (Å²) in [6.07, 6.45) is 8.35. The van der Waals surface area contributed by atoms with E-state index in [-0.39, 0.29) is 11.9 Å². The Kier molecular flexibility index (Phi) is 5.24. The standard InChI is InChI=1S/C24H28N4O2/c1-14(2)8-20-12-28-11-18(17(5)29)10-22(24(28)27-20)26-19-6-7-21(15(3)9-19)23-16(4)25-13-30-23/h6-7,9-14,24,26-27H,8H2,1-5H3. The minimum atomic E-state index is -0.0432. The van der Waals surface area contributed by atoms with Gasteiger partial charge in [-0.3, -0.25) is 4.79 Å². The van der Waals surface area contributed by atoms with Crippen molar-refractivity contribution in [1.82, 2.24) is 15.2 Å². The van der Waals surface area contributed by atoms with Crippen molar-refractivity contribution in [2.75, 3.05) is 5.32 Å². The second-order valence-corrected chi connectivity index (χ2v) is 8.41. The van der Waals surface area contributed by atoms with Gasteiger partial charge in [0.2, 0.25) is 0 Å². The Labute approximate surface area is 177 Å². The maximum atomic E-state index is 12.1. The predicted octanol–water partition coefficient (Wildman–Crippen LogP) is 4.86. The highest BCUT2D eigenvalue weighted by Gasteiger charge is 2.30. The molecule has 30 heavy (non-hydrogen) atoms. The van der Waals surface area contributed by atoms with Crippen LogP contribution >= 0.6 is 0 Å². The first-order chi connectivity index (χ1) is 14.3. The molecule has 0 spiro atoms. The topological polar surface area (TPSA) is 70.4 Å². The number of aryl methyl sites for hydroxylation is 2. The van der Waals surface area contributed by atoms with Crippen molar-refractivity contribution < 1.29 is 9.21 Å². The van der Waals surface area contributed by atoms with Crippen molar-refractivity contribution in [2.24, 2.45) is 5.92 Å². The van der Waals surface area contributed by atoms with Gasteiger partial charge in [-0.25, -0.2) is 4.98 Å². The highest BCUT2D eigenvalue weighted by atomic mass is 16.3. The Morgan fingerprint density at radius 3 is 2.73 bits per heavy atom. The van der Waals surface area contributed by atoms with Crippen LogP contribution in [-0.2, 0) is 4.79 Å². The van der Waals surface area contributed by atoms with Crippen LogP contribution in [0, 0.1) is 19.8 Å². The average Bonchev–Trinajstić information content (AvgIpc) is 3.27. The molecule has 1 unspecified atom stereocenters. The lowest BCUT2D eigenvalue weighted by molar-refractivity contribution is -0.113. The van der Waals surface area contributed by atoms with Crippen LogP contribution in [0.5, 0.6) is 0 Å². The van der Waals surface area contributed by atoms with Gasteiger partial charge in [0.15, 0.2) is 17.9 Å². The molecule has 0 radical (unpaired) electrons. The Balaban J connectivity index is 1.60. The summed E-state index contributed by atoms with van der Waals surface area (Å²) < 4.78 is 5.55. The Hall–Kier alpha value is -3.28. The van der Waals surface area contributed by atoms with Gasteiger partial charge in [0.25, 0.3) is 0 Å². The molecular formula is C24H28N4O2. The zero-order valence-electron chi connectivity index (χ0n) is 18.1. The lowest BCUT2D eigenvalue weighted by Crippen LogP contribution is -2.40. The number of ketones is 1. The fraction of sp³-hybridized carbons (Fsp3) is 0.333. The number of fused-ring (bicyclic) bond motifs is 1. The van der Waals surface area contributed by atoms with E-state index in [1.807, 2.05) is 31.3 Å². The summed E-state index contributed by atoms with van der Waals surface area (Å²) in [5.74, 6) is 1.39. The van der Waals surface area contributed by atoms with Crippen LogP contribution in [0.25, 0.3) is 11.3 Å². The predicted molar refractivity (Wildman–Crippen MR) is 118 cm³/mol. The van der Waals surface area contributed by atoms with Gasteiger partial charge >= 0.3 is 0 Å². The van der Waals surface area contributed by atoms with Crippen LogP contribution in [0.4, 0.5) is 5.69 Å². The van der Waals surface area contributed by atoms with Gasteiger partial charge in [-0.1, -0.05) is 13.8 Å². The molecule has 4 rings (SSSR count). The van der Waals surface area contributed by atoms with Crippen molar-refractivity contribution in [3.05, 3.63) is 71.3 Å². The third-order valence-corrected chi connectivity index (χ3v) is 5.36. The molecule has 6 heteroatoms. The molecule has 0 bridgehead atoms. The highest BCUT2D eigenvalue weighted by Crippen LogP contribution is 2.31. The molecule has 1 atom stereocenters. The first-order valence-electron chi connectivity index (χ1n) is 10.3. The number of allylic oxidation sites excluding steroid dienone is 3. The van der Waals surface area contributed by atoms with E-state index in [1.165, 1.54) is 12.1 Å². The Morgan fingerprint density at radius 2 is 2.10 bits per heavy atom. The van der Waals surface area contributed by atoms with E-state index >= 15 is 0 Å². The molecule has 2 N–H and O–H groups in total. The number of hydrogen-bond acceptors (Lipinski definition) is 6. The first-order valence-corrected chi connectivity index (χ1v) is 10.3. The number of oxazole rings is 1. The number of nitrogens with one attached hydrogen (secondary N) is 2. The molecule has 1 aromatic carbocycles. The minimum absolute atomic E-state index is 0.0432. The van der Waals surface area contributed by atoms with E-state index in [9.17, 15) is 4.79 Å². The van der Waals surface area contributed by atoms with E-state index in [4.69, 9.17) is 4.42 Å². The molecule has 2 aliphatic heterocycles. The normalized spacial score (nSPS) is 17.9. The second-order valence-electron chi connectivity index (χ2n) is 8.41. The SMILES string of the molecule is CC(=O)C1=CN2C=C(CC(C)C)NC2C(Nc2ccc(-c3ocnc3C)c(C)c2)=C1. The van der Waals surface area contributed by atoms with Gasteiger partial charge in [0, 0.05) is 34.9 Å². The summed E-state index contributed by atoms with van der Waals surface area (Å²) in [4.78, 5) is 18.4. The van der Waals surface area contributed by atoms with Gasteiger partial charge in [-0.15, -0.1) is 0 Å². The molecule has 0 saturated carbocycles. The molecule has 0 amide bonds. The van der Waals surface area contributed by atoms with Gasteiger partial charge < -0.3 is 20.0 Å². The van der Waals surface area contributed by atoms with E-state index in [0.29, 0.717) is 11.5 Å². The third kappa shape index (κ3) is 3.90. The van der Waals surface area contributed by atoms with Crippen molar-refractivity contribution in [3.8, 4) is 11.3 Å². The van der Waals surface area contributed by atoms with Crippen molar-refractivity contribution >= 4 is 11.5 Å². The highest BCUT2D eigenvalue weighted by molar-refractivity contribution is 5.96. The smallest absolute Gasteiger partial charge is 0.181 e. The first kappa shape index (κ1) is 20.0. The molecule has 6 nitrogen and oxygen atoms in total. The largest absolute Gasteiger partial charge is 0.443 e. The summed E-state index contributed by atoms with van der Waals surface area (Å²) in [5, 5.41) is 7.11. The molecule has 3 heterocycles. The number of nitrogens with zero attached hydrogens (tertiary/aromatic N) is 2. The van der Waals surface area contributed by atoms with E-state index in [1.54, 1.807) is 6.92 Å². The lowest BCUT2D eigenvalue weighted by Gasteiger charge is -2.30. The van der Waals surface area contributed by atoms with Crippen LogP contribution in [0.1, 0.15) is 38.4 Å². The summed E-state index contributed by atoms with van der Waals surface area (Å²) in [5.41, 5.74) is 6.76. The Bertz CT molecular complexity index is 1070. The summed E-state index contributed by atoms with van der Waals surface area (Å²) in [7, 11) is 0. The molecular weight excluding hydrogens is 376 g/mol. The third-order valence-electron chi connectivity index (χ3n) is 5.36. The van der Waals surface area contributed by atoms with Crippen molar-refractivity contribution in [2.45, 2.75) is 47.2 Å². The van der Waals surface area contributed by atoms with Crippen LogP contribution < -0.4 is 10.6 Å². The quantitative estimate of drug-likeness (QED) is 0.717. The molecule has 0 fully saturated rings. The maximum absolute atomic E-state index is 12.1. The lowest BCUT2D eigenvalue weighted by atomic mass is 10.0. The van der Waals surface area contributed by atoms with Gasteiger partial charge in [0.05, 0.1) is 11.4 Å². The van der Waals surface area contributed by atoms with Crippen LogP contribution in [-0.4, -0.2) is 21.8 Å². The Morgan fingerprint density at radius 1 is 1.30 bits per heavy atom. The maximum Gasteiger partial charge on any atom is 0.181 e. The van der Waals surface area contributed by atoms with E-state index in [2.05, 4.69) is 53.6 Å². The molecule has 0 saturated heterocycles. The fourth-order valence-corrected chi connectivity index (χ4v) is 3.91. The van der Waals surface area contributed by atoms with Gasteiger partial charge in [0.1, 0.15) is 6.17 Å². The number of anilines is 1. The monoisotopic (exact) mass is 404 g/mol. The van der Waals surface area contributed by atoms with E-state index < -0.39 is 0 Å². The van der Waals surface area contributed by atoms with Crippen LogP contribution in [0.3, 0.4) is 0 Å². The number of hydrogen-bond donors (Lipinski definition) is 2. The number of carbonyl (C=O) groups is 1. The molecule has 2 aromatic rings. The summed E-state index contributed by atoms with van der Waals surface area (Å²) >= 11 is 0.